The number of sulfone groups is 1. The first-order valence-electron chi connectivity index (χ1n) is 9.85. The molecule has 0 atom stereocenters. The van der Waals surface area contributed by atoms with E-state index in [9.17, 15) is 13.2 Å². The molecular formula is C22H28N2O3S. The summed E-state index contributed by atoms with van der Waals surface area (Å²) in [5, 5.41) is 0. The molecule has 0 radical (unpaired) electrons. The zero-order valence-corrected chi connectivity index (χ0v) is 17.6. The molecule has 0 N–H and O–H groups in total. The second-order valence-corrected chi connectivity index (χ2v) is 9.27. The van der Waals surface area contributed by atoms with E-state index < -0.39 is 9.84 Å². The molecular weight excluding hydrogens is 372 g/mol. The van der Waals surface area contributed by atoms with Gasteiger partial charge in [0.2, 0.25) is 0 Å². The Hall–Kier alpha value is -2.34. The van der Waals surface area contributed by atoms with E-state index in [0.29, 0.717) is 17.0 Å². The number of benzene rings is 2. The van der Waals surface area contributed by atoms with Gasteiger partial charge in [0.1, 0.15) is 0 Å². The van der Waals surface area contributed by atoms with Gasteiger partial charge in [-0.15, -0.1) is 0 Å². The van der Waals surface area contributed by atoms with Crippen molar-refractivity contribution in [3.63, 3.8) is 0 Å². The van der Waals surface area contributed by atoms with Crippen LogP contribution in [-0.4, -0.2) is 40.2 Å². The van der Waals surface area contributed by atoms with Gasteiger partial charge in [-0.05, 0) is 74.2 Å². The van der Waals surface area contributed by atoms with Gasteiger partial charge in [0, 0.05) is 42.8 Å². The molecule has 3 rings (SSSR count). The maximum atomic E-state index is 13.1. The highest BCUT2D eigenvalue weighted by Gasteiger charge is 2.25. The predicted molar refractivity (Wildman–Crippen MR) is 114 cm³/mol. The molecule has 0 fully saturated rings. The van der Waals surface area contributed by atoms with Gasteiger partial charge in [0.05, 0.1) is 4.90 Å². The monoisotopic (exact) mass is 400 g/mol. The van der Waals surface area contributed by atoms with Gasteiger partial charge in [-0.2, -0.15) is 0 Å². The molecule has 0 spiro atoms. The minimum Gasteiger partial charge on any atom is -0.372 e. The number of aryl methyl sites for hydroxylation is 1. The van der Waals surface area contributed by atoms with E-state index in [1.807, 2.05) is 24.3 Å². The number of amides is 1. The fourth-order valence-corrected chi connectivity index (χ4v) is 4.40. The number of carbonyl (C=O) groups excluding carboxylic acids is 1. The third-order valence-electron chi connectivity index (χ3n) is 5.20. The largest absolute Gasteiger partial charge is 0.372 e. The topological polar surface area (TPSA) is 57.7 Å². The van der Waals surface area contributed by atoms with Crippen LogP contribution in [0.5, 0.6) is 0 Å². The van der Waals surface area contributed by atoms with Crippen LogP contribution in [0.25, 0.3) is 0 Å². The van der Waals surface area contributed by atoms with Crippen molar-refractivity contribution in [3.05, 3.63) is 53.6 Å². The molecule has 0 bridgehead atoms. The van der Waals surface area contributed by atoms with Crippen LogP contribution < -0.4 is 9.80 Å². The lowest BCUT2D eigenvalue weighted by molar-refractivity contribution is 0.0985. The van der Waals surface area contributed by atoms with E-state index in [0.717, 1.165) is 49.3 Å². The smallest absolute Gasteiger partial charge is 0.258 e. The molecule has 0 saturated carbocycles. The van der Waals surface area contributed by atoms with Crippen molar-refractivity contribution in [2.45, 2.75) is 38.0 Å². The summed E-state index contributed by atoms with van der Waals surface area (Å²) in [5.41, 5.74) is 3.50. The Bertz CT molecular complexity index is 952. The first-order chi connectivity index (χ1) is 13.3. The van der Waals surface area contributed by atoms with Crippen LogP contribution in [0.1, 0.15) is 42.6 Å². The summed E-state index contributed by atoms with van der Waals surface area (Å²) in [6.45, 7) is 6.85. The minimum atomic E-state index is -3.25. The van der Waals surface area contributed by atoms with Gasteiger partial charge >= 0.3 is 0 Å². The summed E-state index contributed by atoms with van der Waals surface area (Å²) in [6.07, 6.45) is 3.89. The molecule has 0 aromatic heterocycles. The summed E-state index contributed by atoms with van der Waals surface area (Å²) >= 11 is 0. The molecule has 1 heterocycles. The standard InChI is InChI=1S/C22H28N2O3S/c1-4-14-23(5-2)19-10-8-17(9-11-19)22(25)24-15-6-7-18-16-20(28(3,26)27)12-13-21(18)24/h8-13,16H,4-7,14-15H2,1-3H3. The summed E-state index contributed by atoms with van der Waals surface area (Å²) in [7, 11) is -3.25. The third-order valence-corrected chi connectivity index (χ3v) is 6.31. The minimum absolute atomic E-state index is 0.0434. The van der Waals surface area contributed by atoms with Crippen LogP contribution in [0.2, 0.25) is 0 Å². The third kappa shape index (κ3) is 4.22. The van der Waals surface area contributed by atoms with Crippen molar-refractivity contribution in [1.29, 1.82) is 0 Å². The van der Waals surface area contributed by atoms with Gasteiger partial charge in [-0.25, -0.2) is 8.42 Å². The molecule has 6 heteroatoms. The lowest BCUT2D eigenvalue weighted by Crippen LogP contribution is -2.35. The van der Waals surface area contributed by atoms with Crippen LogP contribution >= 0.6 is 0 Å². The number of hydrogen-bond acceptors (Lipinski definition) is 4. The van der Waals surface area contributed by atoms with Crippen molar-refractivity contribution in [2.24, 2.45) is 0 Å². The summed E-state index contributed by atoms with van der Waals surface area (Å²) in [5.74, 6) is -0.0434. The Morgan fingerprint density at radius 3 is 2.43 bits per heavy atom. The lowest BCUT2D eigenvalue weighted by Gasteiger charge is -2.30. The van der Waals surface area contributed by atoms with E-state index in [1.165, 1.54) is 6.26 Å². The number of fused-ring (bicyclic) bond motifs is 1. The van der Waals surface area contributed by atoms with E-state index in [4.69, 9.17) is 0 Å². The highest BCUT2D eigenvalue weighted by atomic mass is 32.2. The maximum Gasteiger partial charge on any atom is 0.258 e. The van der Waals surface area contributed by atoms with E-state index in [-0.39, 0.29) is 5.91 Å². The van der Waals surface area contributed by atoms with E-state index >= 15 is 0 Å². The molecule has 0 unspecified atom stereocenters. The molecule has 2 aromatic rings. The highest BCUT2D eigenvalue weighted by molar-refractivity contribution is 7.90. The number of nitrogens with zero attached hydrogens (tertiary/aromatic N) is 2. The molecule has 0 aliphatic carbocycles. The summed E-state index contributed by atoms with van der Waals surface area (Å²) in [4.78, 5) is 17.5. The molecule has 1 aliphatic heterocycles. The van der Waals surface area contributed by atoms with E-state index in [2.05, 4.69) is 18.7 Å². The zero-order valence-electron chi connectivity index (χ0n) is 16.8. The molecule has 0 saturated heterocycles. The van der Waals surface area contributed by atoms with Gasteiger partial charge in [-0.3, -0.25) is 4.79 Å². The molecule has 1 aliphatic rings. The van der Waals surface area contributed by atoms with Crippen LogP contribution in [0.4, 0.5) is 11.4 Å². The number of carbonyl (C=O) groups is 1. The summed E-state index contributed by atoms with van der Waals surface area (Å²) in [6, 6.07) is 12.8. The molecule has 5 nitrogen and oxygen atoms in total. The van der Waals surface area contributed by atoms with Gasteiger partial charge in [0.15, 0.2) is 9.84 Å². The Balaban J connectivity index is 1.86. The Morgan fingerprint density at radius 2 is 1.82 bits per heavy atom. The maximum absolute atomic E-state index is 13.1. The molecule has 28 heavy (non-hydrogen) atoms. The number of anilines is 2. The van der Waals surface area contributed by atoms with Crippen LogP contribution in [0.3, 0.4) is 0 Å². The fourth-order valence-electron chi connectivity index (χ4n) is 3.73. The predicted octanol–water partition coefficient (Wildman–Crippen LogP) is 3.92. The molecule has 150 valence electrons. The van der Waals surface area contributed by atoms with Crippen molar-refractivity contribution in [3.8, 4) is 0 Å². The van der Waals surface area contributed by atoms with Gasteiger partial charge in [0.25, 0.3) is 5.91 Å². The van der Waals surface area contributed by atoms with Crippen molar-refractivity contribution in [2.75, 3.05) is 35.7 Å². The first kappa shape index (κ1) is 20.4. The fraction of sp³-hybridized carbons (Fsp3) is 0.409. The number of hydrogen-bond donors (Lipinski definition) is 0. The number of rotatable bonds is 6. The van der Waals surface area contributed by atoms with Crippen LogP contribution in [0, 0.1) is 0 Å². The summed E-state index contributed by atoms with van der Waals surface area (Å²) < 4.78 is 23.7. The lowest BCUT2D eigenvalue weighted by atomic mass is 10.0. The second-order valence-electron chi connectivity index (χ2n) is 7.25. The highest BCUT2D eigenvalue weighted by Crippen LogP contribution is 2.31. The Kier molecular flexibility index (Phi) is 6.08. The average molecular weight is 401 g/mol. The van der Waals surface area contributed by atoms with Crippen LogP contribution in [0.15, 0.2) is 47.4 Å². The van der Waals surface area contributed by atoms with Crippen LogP contribution in [-0.2, 0) is 16.3 Å². The normalized spacial score (nSPS) is 13.9. The molecule has 1 amide bonds. The quantitative estimate of drug-likeness (QED) is 0.737. The Morgan fingerprint density at radius 1 is 1.11 bits per heavy atom. The Labute approximate surface area is 167 Å². The average Bonchev–Trinajstić information content (AvgIpc) is 2.70. The van der Waals surface area contributed by atoms with E-state index in [1.54, 1.807) is 23.1 Å². The first-order valence-corrected chi connectivity index (χ1v) is 11.7. The SMILES string of the molecule is CCCN(CC)c1ccc(C(=O)N2CCCc3cc(S(C)(=O)=O)ccc32)cc1. The van der Waals surface area contributed by atoms with Crippen molar-refractivity contribution >= 4 is 27.1 Å². The second kappa shape index (κ2) is 8.35. The molecule has 2 aromatic carbocycles. The zero-order chi connectivity index (χ0) is 20.3. The van der Waals surface area contributed by atoms with Gasteiger partial charge < -0.3 is 9.80 Å². The van der Waals surface area contributed by atoms with Crippen molar-refractivity contribution in [1.82, 2.24) is 0 Å². The van der Waals surface area contributed by atoms with Gasteiger partial charge in [-0.1, -0.05) is 6.92 Å². The van der Waals surface area contributed by atoms with Crippen molar-refractivity contribution < 1.29 is 13.2 Å².